The number of hydrogen-bond donors (Lipinski definition) is 1. The van der Waals surface area contributed by atoms with Gasteiger partial charge in [0.2, 0.25) is 11.8 Å². The molecule has 5 aromatic rings. The summed E-state index contributed by atoms with van der Waals surface area (Å²) in [6.07, 6.45) is 3.13. The fourth-order valence-electron chi connectivity index (χ4n) is 5.30. The minimum Gasteiger partial charge on any atom is -0.497 e. The number of para-hydroxylation sites is 1. The first-order chi connectivity index (χ1) is 21.6. The Morgan fingerprint density at radius 1 is 1.07 bits per heavy atom. The minimum atomic E-state index is -1.09. The second kappa shape index (κ2) is 12.9. The molecule has 1 fully saturated rings. The van der Waals surface area contributed by atoms with Gasteiger partial charge in [0.15, 0.2) is 0 Å². The van der Waals surface area contributed by atoms with E-state index in [0.29, 0.717) is 52.6 Å². The number of aromatic nitrogens is 7. The van der Waals surface area contributed by atoms with Crippen molar-refractivity contribution in [1.82, 2.24) is 40.5 Å². The van der Waals surface area contributed by atoms with Crippen molar-refractivity contribution in [3.8, 4) is 17.2 Å². The van der Waals surface area contributed by atoms with E-state index in [1.54, 1.807) is 49.6 Å². The van der Waals surface area contributed by atoms with E-state index in [-0.39, 0.29) is 18.6 Å². The Morgan fingerprint density at radius 3 is 2.73 bits per heavy atom. The standard InChI is InChI=1S/C30H31N9O5/c1-42-22-8-5-7-20(15-22)29(30(41)31-17-23-9-6-14-44-23)39(28(40)18-37-25-11-4-3-10-24(25)33-35-37)21-12-13-26(27(16-21)43-2)38-19-32-34-36-38/h3-5,7-8,10-13,15-16,19,23,29H,6,9,14,17-18H2,1-2H3,(H,31,41)/t23-,29-/m0/s1. The number of carbonyl (C=O) groups excluding carboxylic acids is 2. The number of methoxy groups -OCH3 is 2. The summed E-state index contributed by atoms with van der Waals surface area (Å²) in [4.78, 5) is 30.0. The van der Waals surface area contributed by atoms with Crippen molar-refractivity contribution >= 4 is 28.5 Å². The number of benzene rings is 3. The summed E-state index contributed by atoms with van der Waals surface area (Å²) in [5.41, 5.74) is 2.85. The summed E-state index contributed by atoms with van der Waals surface area (Å²) in [6.45, 7) is 0.789. The Morgan fingerprint density at radius 2 is 1.95 bits per heavy atom. The van der Waals surface area contributed by atoms with E-state index < -0.39 is 11.9 Å². The molecular formula is C30H31N9O5. The van der Waals surface area contributed by atoms with E-state index in [1.807, 2.05) is 24.3 Å². The summed E-state index contributed by atoms with van der Waals surface area (Å²) in [5.74, 6) is 0.149. The van der Waals surface area contributed by atoms with Crippen molar-refractivity contribution in [2.45, 2.75) is 31.5 Å². The van der Waals surface area contributed by atoms with Crippen molar-refractivity contribution in [3.63, 3.8) is 0 Å². The minimum absolute atomic E-state index is 0.0914. The van der Waals surface area contributed by atoms with Gasteiger partial charge in [0.1, 0.15) is 41.6 Å². The normalized spacial score (nSPS) is 15.2. The Kier molecular flexibility index (Phi) is 8.41. The lowest BCUT2D eigenvalue weighted by molar-refractivity contribution is -0.127. The Hall–Kier alpha value is -5.37. The van der Waals surface area contributed by atoms with Crippen molar-refractivity contribution in [3.05, 3.63) is 78.6 Å². The summed E-state index contributed by atoms with van der Waals surface area (Å²) < 4.78 is 19.9. The maximum Gasteiger partial charge on any atom is 0.249 e. The molecule has 3 heterocycles. The predicted octanol–water partition coefficient (Wildman–Crippen LogP) is 2.49. The molecule has 2 atom stereocenters. The van der Waals surface area contributed by atoms with E-state index in [0.717, 1.165) is 12.8 Å². The molecule has 44 heavy (non-hydrogen) atoms. The molecule has 14 heteroatoms. The van der Waals surface area contributed by atoms with Crippen LogP contribution in [-0.2, 0) is 20.9 Å². The molecule has 2 aromatic heterocycles. The number of hydrogen-bond acceptors (Lipinski definition) is 10. The lowest BCUT2D eigenvalue weighted by Gasteiger charge is -2.32. The van der Waals surface area contributed by atoms with Crippen molar-refractivity contribution in [2.24, 2.45) is 0 Å². The quantitative estimate of drug-likeness (QED) is 0.240. The summed E-state index contributed by atoms with van der Waals surface area (Å²) >= 11 is 0. The number of ether oxygens (including phenoxy) is 3. The number of fused-ring (bicyclic) bond motifs is 1. The first kappa shape index (κ1) is 28.7. The predicted molar refractivity (Wildman–Crippen MR) is 158 cm³/mol. The van der Waals surface area contributed by atoms with Crippen LogP contribution in [0.1, 0.15) is 24.4 Å². The molecule has 226 valence electrons. The van der Waals surface area contributed by atoms with Crippen LogP contribution in [0, 0.1) is 0 Å². The highest BCUT2D eigenvalue weighted by molar-refractivity contribution is 6.02. The Balaban J connectivity index is 1.45. The van der Waals surface area contributed by atoms with Gasteiger partial charge in [0.05, 0.1) is 25.8 Å². The van der Waals surface area contributed by atoms with Gasteiger partial charge in [0.25, 0.3) is 0 Å². The van der Waals surface area contributed by atoms with Crippen LogP contribution in [0.25, 0.3) is 16.7 Å². The van der Waals surface area contributed by atoms with Gasteiger partial charge in [-0.2, -0.15) is 4.68 Å². The topological polar surface area (TPSA) is 151 Å². The average Bonchev–Trinajstić information content (AvgIpc) is 3.86. The first-order valence-corrected chi connectivity index (χ1v) is 14.1. The van der Waals surface area contributed by atoms with Gasteiger partial charge in [-0.25, -0.2) is 4.68 Å². The van der Waals surface area contributed by atoms with Crippen molar-refractivity contribution in [1.29, 1.82) is 0 Å². The van der Waals surface area contributed by atoms with Crippen LogP contribution in [-0.4, -0.2) is 80.5 Å². The molecule has 2 amide bonds. The zero-order chi connectivity index (χ0) is 30.5. The van der Waals surface area contributed by atoms with Gasteiger partial charge in [-0.1, -0.05) is 29.5 Å². The third-order valence-electron chi connectivity index (χ3n) is 7.46. The van der Waals surface area contributed by atoms with E-state index >= 15 is 0 Å². The third kappa shape index (κ3) is 5.92. The zero-order valence-electron chi connectivity index (χ0n) is 24.2. The van der Waals surface area contributed by atoms with Crippen LogP contribution in [0.3, 0.4) is 0 Å². The van der Waals surface area contributed by atoms with Gasteiger partial charge < -0.3 is 19.5 Å². The molecule has 0 bridgehead atoms. The SMILES string of the molecule is COc1cccc([C@@H](C(=O)NC[C@@H]2CCCO2)N(C(=O)Cn2nnc3ccccc32)c2ccc(-n3cnnn3)c(OC)c2)c1. The second-order valence-corrected chi connectivity index (χ2v) is 10.2. The third-order valence-corrected chi connectivity index (χ3v) is 7.46. The van der Waals surface area contributed by atoms with Gasteiger partial charge >= 0.3 is 0 Å². The van der Waals surface area contributed by atoms with Gasteiger partial charge in [0, 0.05) is 24.9 Å². The second-order valence-electron chi connectivity index (χ2n) is 10.2. The number of nitrogens with zero attached hydrogens (tertiary/aromatic N) is 8. The van der Waals surface area contributed by atoms with E-state index in [1.165, 1.54) is 27.7 Å². The number of tetrazole rings is 1. The number of nitrogens with one attached hydrogen (secondary N) is 1. The molecule has 1 aliphatic rings. The largest absolute Gasteiger partial charge is 0.497 e. The van der Waals surface area contributed by atoms with Crippen LogP contribution in [0.4, 0.5) is 5.69 Å². The molecule has 0 unspecified atom stereocenters. The molecule has 0 spiro atoms. The Labute approximate surface area is 252 Å². The smallest absolute Gasteiger partial charge is 0.249 e. The van der Waals surface area contributed by atoms with Crippen LogP contribution < -0.4 is 19.7 Å². The molecule has 1 saturated heterocycles. The molecule has 14 nitrogen and oxygen atoms in total. The highest BCUT2D eigenvalue weighted by atomic mass is 16.5. The van der Waals surface area contributed by atoms with E-state index in [9.17, 15) is 9.59 Å². The zero-order valence-corrected chi connectivity index (χ0v) is 24.2. The summed E-state index contributed by atoms with van der Waals surface area (Å²) in [5, 5.41) is 22.8. The highest BCUT2D eigenvalue weighted by Gasteiger charge is 2.35. The van der Waals surface area contributed by atoms with Crippen molar-refractivity contribution < 1.29 is 23.8 Å². The van der Waals surface area contributed by atoms with Crippen LogP contribution in [0.15, 0.2) is 73.1 Å². The van der Waals surface area contributed by atoms with Crippen LogP contribution >= 0.6 is 0 Å². The van der Waals surface area contributed by atoms with Crippen LogP contribution in [0.2, 0.25) is 0 Å². The molecular weight excluding hydrogens is 566 g/mol. The lowest BCUT2D eigenvalue weighted by atomic mass is 10.0. The fraction of sp³-hybridized carbons (Fsp3) is 0.300. The van der Waals surface area contributed by atoms with Gasteiger partial charge in [-0.15, -0.1) is 10.2 Å². The monoisotopic (exact) mass is 597 g/mol. The molecule has 3 aromatic carbocycles. The molecule has 0 saturated carbocycles. The molecule has 6 rings (SSSR count). The summed E-state index contributed by atoms with van der Waals surface area (Å²) in [6, 6.07) is 18.5. The maximum absolute atomic E-state index is 14.4. The van der Waals surface area contributed by atoms with E-state index in [2.05, 4.69) is 31.2 Å². The van der Waals surface area contributed by atoms with Gasteiger partial charge in [-0.3, -0.25) is 14.5 Å². The lowest BCUT2D eigenvalue weighted by Crippen LogP contribution is -2.46. The molecule has 0 radical (unpaired) electrons. The first-order valence-electron chi connectivity index (χ1n) is 14.1. The number of anilines is 1. The van der Waals surface area contributed by atoms with E-state index in [4.69, 9.17) is 14.2 Å². The number of rotatable bonds is 11. The van der Waals surface area contributed by atoms with Crippen LogP contribution in [0.5, 0.6) is 11.5 Å². The number of amides is 2. The summed E-state index contributed by atoms with van der Waals surface area (Å²) in [7, 11) is 3.06. The number of carbonyl (C=O) groups is 2. The van der Waals surface area contributed by atoms with Gasteiger partial charge in [-0.05, 0) is 65.2 Å². The highest BCUT2D eigenvalue weighted by Crippen LogP contribution is 2.35. The Bertz CT molecular complexity index is 1750. The molecule has 1 aliphatic heterocycles. The molecule has 0 aliphatic carbocycles. The molecule has 1 N–H and O–H groups in total. The maximum atomic E-state index is 14.4. The fourth-order valence-corrected chi connectivity index (χ4v) is 5.30. The van der Waals surface area contributed by atoms with Crippen molar-refractivity contribution in [2.75, 3.05) is 32.3 Å². The average molecular weight is 598 g/mol.